The molecule has 0 bridgehead atoms. The first-order chi connectivity index (χ1) is 13.7. The van der Waals surface area contributed by atoms with Gasteiger partial charge in [-0.05, 0) is 48.8 Å². The standard InChI is InChI=1S/C22H26N4OS/c1-24-11-13-26(14-12-24)20(21-8-5-15-28-21)17-23-22(27)18-6-4-7-19(16-18)25-9-2-3-10-25/h2-10,15-16,20H,11-14,17H2,1H3,(H,23,27). The van der Waals surface area contributed by atoms with E-state index in [1.165, 1.54) is 4.88 Å². The second-order valence-electron chi connectivity index (χ2n) is 7.22. The van der Waals surface area contributed by atoms with Crippen LogP contribution in [0.3, 0.4) is 0 Å². The van der Waals surface area contributed by atoms with Crippen molar-refractivity contribution in [2.45, 2.75) is 6.04 Å². The van der Waals surface area contributed by atoms with Gasteiger partial charge in [0.25, 0.3) is 5.91 Å². The SMILES string of the molecule is CN1CCN(C(CNC(=O)c2cccc(-n3cccc3)c2)c2cccs2)CC1. The van der Waals surface area contributed by atoms with Crippen molar-refractivity contribution < 1.29 is 4.79 Å². The molecule has 2 aromatic heterocycles. The zero-order valence-corrected chi connectivity index (χ0v) is 16.9. The third-order valence-electron chi connectivity index (χ3n) is 5.32. The maximum absolute atomic E-state index is 12.8. The normalized spacial score (nSPS) is 16.8. The minimum atomic E-state index is -0.0234. The van der Waals surface area contributed by atoms with Crippen LogP contribution in [-0.2, 0) is 0 Å². The highest BCUT2D eigenvalue weighted by Crippen LogP contribution is 2.25. The predicted molar refractivity (Wildman–Crippen MR) is 114 cm³/mol. The Morgan fingerprint density at radius 1 is 1.07 bits per heavy atom. The number of nitrogens with zero attached hydrogens (tertiary/aromatic N) is 3. The number of amides is 1. The number of benzene rings is 1. The maximum Gasteiger partial charge on any atom is 0.251 e. The summed E-state index contributed by atoms with van der Waals surface area (Å²) in [5, 5.41) is 5.28. The Hall–Kier alpha value is -2.41. The minimum absolute atomic E-state index is 0.0234. The van der Waals surface area contributed by atoms with Crippen molar-refractivity contribution in [3.8, 4) is 5.69 Å². The van der Waals surface area contributed by atoms with Crippen LogP contribution in [0.5, 0.6) is 0 Å². The Bertz CT molecular complexity index is 883. The fourth-order valence-corrected chi connectivity index (χ4v) is 4.49. The average Bonchev–Trinajstić information content (AvgIpc) is 3.44. The summed E-state index contributed by atoms with van der Waals surface area (Å²) in [6.45, 7) is 4.80. The van der Waals surface area contributed by atoms with Gasteiger partial charge in [0.15, 0.2) is 0 Å². The largest absolute Gasteiger partial charge is 0.350 e. The van der Waals surface area contributed by atoms with Gasteiger partial charge in [-0.25, -0.2) is 0 Å². The number of piperazine rings is 1. The van der Waals surface area contributed by atoms with E-state index in [-0.39, 0.29) is 11.9 Å². The van der Waals surface area contributed by atoms with Gasteiger partial charge in [0.2, 0.25) is 0 Å². The number of likely N-dealkylation sites (N-methyl/N-ethyl adjacent to an activating group) is 1. The summed E-state index contributed by atoms with van der Waals surface area (Å²) in [5.74, 6) is -0.0234. The van der Waals surface area contributed by atoms with E-state index in [0.29, 0.717) is 12.1 Å². The minimum Gasteiger partial charge on any atom is -0.350 e. The molecule has 1 fully saturated rings. The molecule has 1 amide bonds. The molecular formula is C22H26N4OS. The Balaban J connectivity index is 1.45. The lowest BCUT2D eigenvalue weighted by molar-refractivity contribution is 0.0890. The van der Waals surface area contributed by atoms with Crippen molar-refractivity contribution in [3.05, 3.63) is 76.7 Å². The lowest BCUT2D eigenvalue weighted by atomic mass is 10.1. The summed E-state index contributed by atoms with van der Waals surface area (Å²) in [4.78, 5) is 19.0. The van der Waals surface area contributed by atoms with Crippen molar-refractivity contribution in [1.29, 1.82) is 0 Å². The third-order valence-corrected chi connectivity index (χ3v) is 6.29. The van der Waals surface area contributed by atoms with E-state index in [0.717, 1.165) is 31.9 Å². The molecular weight excluding hydrogens is 368 g/mol. The van der Waals surface area contributed by atoms with Crippen LogP contribution in [-0.4, -0.2) is 60.0 Å². The molecule has 3 heterocycles. The van der Waals surface area contributed by atoms with E-state index in [1.807, 2.05) is 53.4 Å². The molecule has 5 nitrogen and oxygen atoms in total. The summed E-state index contributed by atoms with van der Waals surface area (Å²) < 4.78 is 2.01. The molecule has 1 atom stereocenters. The molecule has 0 radical (unpaired) electrons. The van der Waals surface area contributed by atoms with Gasteiger partial charge in [-0.15, -0.1) is 11.3 Å². The van der Waals surface area contributed by atoms with Crippen molar-refractivity contribution in [3.63, 3.8) is 0 Å². The number of aromatic nitrogens is 1. The molecule has 1 aromatic carbocycles. The van der Waals surface area contributed by atoms with E-state index >= 15 is 0 Å². The van der Waals surface area contributed by atoms with Crippen LogP contribution in [0, 0.1) is 0 Å². The average molecular weight is 395 g/mol. The molecule has 6 heteroatoms. The predicted octanol–water partition coefficient (Wildman–Crippen LogP) is 3.26. The van der Waals surface area contributed by atoms with Crippen LogP contribution >= 0.6 is 11.3 Å². The first-order valence-corrected chi connectivity index (χ1v) is 10.6. The number of hydrogen-bond donors (Lipinski definition) is 1. The second kappa shape index (κ2) is 8.73. The fourth-order valence-electron chi connectivity index (χ4n) is 3.63. The lowest BCUT2D eigenvalue weighted by Gasteiger charge is -2.37. The smallest absolute Gasteiger partial charge is 0.251 e. The molecule has 1 aliphatic heterocycles. The molecule has 0 spiro atoms. The molecule has 1 unspecified atom stereocenters. The topological polar surface area (TPSA) is 40.5 Å². The monoisotopic (exact) mass is 394 g/mol. The number of rotatable bonds is 6. The highest BCUT2D eigenvalue weighted by Gasteiger charge is 2.25. The Kier molecular flexibility index (Phi) is 5.90. The molecule has 3 aromatic rings. The van der Waals surface area contributed by atoms with E-state index in [1.54, 1.807) is 11.3 Å². The summed E-state index contributed by atoms with van der Waals surface area (Å²) in [6, 6.07) is 16.2. The molecule has 0 saturated carbocycles. The number of nitrogens with one attached hydrogen (secondary N) is 1. The zero-order chi connectivity index (χ0) is 19.3. The highest BCUT2D eigenvalue weighted by molar-refractivity contribution is 7.10. The van der Waals surface area contributed by atoms with Gasteiger partial charge in [-0.1, -0.05) is 12.1 Å². The molecule has 4 rings (SSSR count). The molecule has 146 valence electrons. The lowest BCUT2D eigenvalue weighted by Crippen LogP contribution is -2.48. The number of thiophene rings is 1. The fraction of sp³-hybridized carbons (Fsp3) is 0.318. The Labute approximate surface area is 170 Å². The zero-order valence-electron chi connectivity index (χ0n) is 16.1. The van der Waals surface area contributed by atoms with Crippen molar-refractivity contribution in [2.24, 2.45) is 0 Å². The van der Waals surface area contributed by atoms with Gasteiger partial charge in [0.05, 0.1) is 6.04 Å². The van der Waals surface area contributed by atoms with E-state index in [4.69, 9.17) is 0 Å². The van der Waals surface area contributed by atoms with Gasteiger partial charge in [-0.2, -0.15) is 0 Å². The Morgan fingerprint density at radius 2 is 1.86 bits per heavy atom. The number of hydrogen-bond acceptors (Lipinski definition) is 4. The van der Waals surface area contributed by atoms with Crippen LogP contribution in [0.1, 0.15) is 21.3 Å². The third kappa shape index (κ3) is 4.35. The molecule has 1 saturated heterocycles. The van der Waals surface area contributed by atoms with Crippen molar-refractivity contribution in [2.75, 3.05) is 39.8 Å². The van der Waals surface area contributed by atoms with Gasteiger partial charge in [0.1, 0.15) is 0 Å². The highest BCUT2D eigenvalue weighted by atomic mass is 32.1. The second-order valence-corrected chi connectivity index (χ2v) is 8.20. The number of carbonyl (C=O) groups is 1. The van der Waals surface area contributed by atoms with Gasteiger partial charge >= 0.3 is 0 Å². The first kappa shape index (κ1) is 18.9. The quantitative estimate of drug-likeness (QED) is 0.698. The Morgan fingerprint density at radius 3 is 2.57 bits per heavy atom. The van der Waals surface area contributed by atoms with Gasteiger partial charge in [-0.3, -0.25) is 9.69 Å². The van der Waals surface area contributed by atoms with Crippen LogP contribution in [0.25, 0.3) is 5.69 Å². The van der Waals surface area contributed by atoms with Gasteiger partial charge in [0, 0.05) is 61.2 Å². The first-order valence-electron chi connectivity index (χ1n) is 9.68. The maximum atomic E-state index is 12.8. The summed E-state index contributed by atoms with van der Waals surface area (Å²) in [7, 11) is 2.16. The molecule has 0 aliphatic carbocycles. The number of carbonyl (C=O) groups excluding carboxylic acids is 1. The molecule has 1 N–H and O–H groups in total. The van der Waals surface area contributed by atoms with Crippen LogP contribution in [0.15, 0.2) is 66.3 Å². The van der Waals surface area contributed by atoms with Crippen LogP contribution in [0.2, 0.25) is 0 Å². The van der Waals surface area contributed by atoms with E-state index in [9.17, 15) is 4.79 Å². The van der Waals surface area contributed by atoms with Crippen molar-refractivity contribution in [1.82, 2.24) is 19.7 Å². The van der Waals surface area contributed by atoms with Gasteiger partial charge < -0.3 is 14.8 Å². The summed E-state index contributed by atoms with van der Waals surface area (Å²) in [5.41, 5.74) is 1.68. The summed E-state index contributed by atoms with van der Waals surface area (Å²) in [6.07, 6.45) is 3.97. The molecule has 1 aliphatic rings. The summed E-state index contributed by atoms with van der Waals surface area (Å²) >= 11 is 1.76. The molecule has 28 heavy (non-hydrogen) atoms. The van der Waals surface area contributed by atoms with E-state index < -0.39 is 0 Å². The van der Waals surface area contributed by atoms with Crippen molar-refractivity contribution >= 4 is 17.2 Å². The van der Waals surface area contributed by atoms with Crippen LogP contribution in [0.4, 0.5) is 0 Å². The van der Waals surface area contributed by atoms with Crippen LogP contribution < -0.4 is 5.32 Å². The van der Waals surface area contributed by atoms with E-state index in [2.05, 4.69) is 39.7 Å².